The predicted molar refractivity (Wildman–Crippen MR) is 50.6 cm³/mol. The van der Waals surface area contributed by atoms with E-state index in [0.29, 0.717) is 0 Å². The van der Waals surface area contributed by atoms with Crippen LogP contribution >= 0.6 is 0 Å². The van der Waals surface area contributed by atoms with Gasteiger partial charge in [0.1, 0.15) is 0 Å². The van der Waals surface area contributed by atoms with Crippen LogP contribution in [0, 0.1) is 0 Å². The molecule has 0 N–H and O–H groups in total. The third-order valence-corrected chi connectivity index (χ3v) is 3.43. The Bertz CT molecular complexity index is 297. The summed E-state index contributed by atoms with van der Waals surface area (Å²) in [5, 5.41) is 0. The van der Waals surface area contributed by atoms with Gasteiger partial charge in [0, 0.05) is 4.90 Å². The van der Waals surface area contributed by atoms with Crippen molar-refractivity contribution in [2.75, 3.05) is 18.8 Å². The fourth-order valence-electron chi connectivity index (χ4n) is 0.884. The number of hydrogen-bond acceptors (Lipinski definition) is 1. The van der Waals surface area contributed by atoms with E-state index in [9.17, 15) is 4.21 Å². The van der Waals surface area contributed by atoms with E-state index in [0.717, 1.165) is 4.90 Å². The van der Waals surface area contributed by atoms with Crippen LogP contribution in [0.4, 0.5) is 0 Å². The van der Waals surface area contributed by atoms with Crippen LogP contribution in [-0.4, -0.2) is 23.0 Å². The second kappa shape index (κ2) is 2.18. The van der Waals surface area contributed by atoms with E-state index < -0.39 is 9.07 Å². The molecule has 0 unspecified atom stereocenters. The van der Waals surface area contributed by atoms with Crippen molar-refractivity contribution in [2.24, 2.45) is 0 Å². The highest BCUT2D eigenvalue weighted by molar-refractivity contribution is 8.18. The molecule has 1 aromatic carbocycles. The second-order valence-electron chi connectivity index (χ2n) is 3.73. The van der Waals surface area contributed by atoms with Crippen LogP contribution < -0.4 is 0 Å². The summed E-state index contributed by atoms with van der Waals surface area (Å²) in [4.78, 5) is 0.935. The van der Waals surface area contributed by atoms with Gasteiger partial charge in [0.05, 0.1) is 0 Å². The Kier molecular flexibility index (Phi) is 1.67. The van der Waals surface area contributed by atoms with E-state index >= 15 is 0 Å². The normalized spacial score (nSPS) is 15.4. The van der Waals surface area contributed by atoms with Crippen LogP contribution in [0.15, 0.2) is 35.2 Å². The number of rotatable bonds is 1. The van der Waals surface area contributed by atoms with E-state index in [1.807, 2.05) is 30.3 Å². The minimum absolute atomic E-state index is 0.935. The van der Waals surface area contributed by atoms with Crippen molar-refractivity contribution >= 4 is 9.07 Å². The fourth-order valence-corrected chi connectivity index (χ4v) is 1.97. The molecule has 0 aliphatic carbocycles. The monoisotopic (exact) mass is 170 g/mol. The Balaban J connectivity index is 3.26. The highest BCUT2D eigenvalue weighted by atomic mass is 32.3. The maximum Gasteiger partial charge on any atom is 0.0164 e. The van der Waals surface area contributed by atoms with Gasteiger partial charge in [0.2, 0.25) is 0 Å². The molecule has 1 rings (SSSR count). The zero-order valence-corrected chi connectivity index (χ0v) is 8.02. The van der Waals surface area contributed by atoms with Gasteiger partial charge in [0.15, 0.2) is 0 Å². The summed E-state index contributed by atoms with van der Waals surface area (Å²) in [5.41, 5.74) is 0. The summed E-state index contributed by atoms with van der Waals surface area (Å²) >= 11 is 0. The first-order chi connectivity index (χ1) is 4.86. The summed E-state index contributed by atoms with van der Waals surface area (Å²) in [7, 11) is -2.51. The topological polar surface area (TPSA) is 17.1 Å². The lowest BCUT2D eigenvalue weighted by molar-refractivity contribution is 0.668. The standard InChI is InChI=1S/C9H14OS/c1-11(2,3,10)9-7-5-4-6-8-9/h4-8H,1-3H3. The first-order valence-corrected chi connectivity index (χ1v) is 6.70. The lowest BCUT2D eigenvalue weighted by Crippen LogP contribution is -2.27. The van der Waals surface area contributed by atoms with Gasteiger partial charge in [-0.1, -0.05) is 27.3 Å². The Morgan fingerprint density at radius 2 is 1.45 bits per heavy atom. The average molecular weight is 170 g/mol. The summed E-state index contributed by atoms with van der Waals surface area (Å²) in [6.07, 6.45) is 5.39. The molecule has 62 valence electrons. The van der Waals surface area contributed by atoms with Crippen molar-refractivity contribution in [1.82, 2.24) is 0 Å². The molecule has 0 heterocycles. The molecule has 2 heteroatoms. The summed E-state index contributed by atoms with van der Waals surface area (Å²) in [6, 6.07) is 9.59. The first-order valence-electron chi connectivity index (χ1n) is 3.51. The molecule has 0 spiro atoms. The molecule has 0 aliphatic rings. The summed E-state index contributed by atoms with van der Waals surface area (Å²) in [6.45, 7) is 0. The lowest BCUT2D eigenvalue weighted by Gasteiger charge is -2.28. The molecule has 0 aromatic heterocycles. The van der Waals surface area contributed by atoms with Gasteiger partial charge in [-0.2, -0.15) is 0 Å². The molecule has 0 radical (unpaired) electrons. The molecular weight excluding hydrogens is 156 g/mol. The van der Waals surface area contributed by atoms with Crippen LogP contribution in [-0.2, 0) is 9.07 Å². The summed E-state index contributed by atoms with van der Waals surface area (Å²) < 4.78 is 12.0. The van der Waals surface area contributed by atoms with Crippen molar-refractivity contribution in [3.05, 3.63) is 30.3 Å². The highest BCUT2D eigenvalue weighted by Crippen LogP contribution is 2.24. The quantitative estimate of drug-likeness (QED) is 0.627. The molecule has 0 fully saturated rings. The SMILES string of the molecule is CS(C)(C)(=O)c1ccccc1. The molecule has 1 aromatic rings. The number of benzene rings is 1. The highest BCUT2D eigenvalue weighted by Gasteiger charge is 2.19. The van der Waals surface area contributed by atoms with E-state index in [2.05, 4.69) is 0 Å². The molecule has 0 amide bonds. The predicted octanol–water partition coefficient (Wildman–Crippen LogP) is 1.76. The molecule has 0 saturated heterocycles. The van der Waals surface area contributed by atoms with Crippen LogP contribution in [0.5, 0.6) is 0 Å². The molecule has 1 nitrogen and oxygen atoms in total. The Labute approximate surface area is 67.8 Å². The van der Waals surface area contributed by atoms with Crippen molar-refractivity contribution in [1.29, 1.82) is 0 Å². The molecule has 0 saturated carbocycles. The molecular formula is C9H14OS. The second-order valence-corrected chi connectivity index (χ2v) is 9.05. The Morgan fingerprint density at radius 3 is 1.73 bits per heavy atom. The lowest BCUT2D eigenvalue weighted by atomic mass is 10.4. The third kappa shape index (κ3) is 2.15. The van der Waals surface area contributed by atoms with Gasteiger partial charge in [0.25, 0.3) is 0 Å². The van der Waals surface area contributed by atoms with Crippen molar-refractivity contribution in [2.45, 2.75) is 4.90 Å². The van der Waals surface area contributed by atoms with Gasteiger partial charge >= 0.3 is 0 Å². The fraction of sp³-hybridized carbons (Fsp3) is 0.333. The average Bonchev–Trinajstić information content (AvgIpc) is 1.86. The van der Waals surface area contributed by atoms with Gasteiger partial charge in [-0.05, 0) is 30.9 Å². The third-order valence-electron chi connectivity index (χ3n) is 1.55. The van der Waals surface area contributed by atoms with Crippen LogP contribution in [0.2, 0.25) is 0 Å². The molecule has 0 atom stereocenters. The van der Waals surface area contributed by atoms with Gasteiger partial charge in [-0.3, -0.25) is 4.21 Å². The molecule has 0 bridgehead atoms. The van der Waals surface area contributed by atoms with E-state index in [-0.39, 0.29) is 0 Å². The van der Waals surface area contributed by atoms with Crippen molar-refractivity contribution in [3.8, 4) is 0 Å². The summed E-state index contributed by atoms with van der Waals surface area (Å²) in [5.74, 6) is 0. The maximum atomic E-state index is 12.0. The van der Waals surface area contributed by atoms with Gasteiger partial charge in [-0.15, -0.1) is 0 Å². The van der Waals surface area contributed by atoms with E-state index in [1.54, 1.807) is 18.8 Å². The van der Waals surface area contributed by atoms with Gasteiger partial charge < -0.3 is 0 Å². The minimum atomic E-state index is -2.51. The van der Waals surface area contributed by atoms with E-state index in [1.165, 1.54) is 0 Å². The molecule has 11 heavy (non-hydrogen) atoms. The zero-order valence-electron chi connectivity index (χ0n) is 7.20. The van der Waals surface area contributed by atoms with E-state index in [4.69, 9.17) is 0 Å². The number of hydrogen-bond donors (Lipinski definition) is 0. The van der Waals surface area contributed by atoms with Crippen LogP contribution in [0.3, 0.4) is 0 Å². The smallest absolute Gasteiger partial charge is 0.0164 e. The Morgan fingerprint density at radius 1 is 1.00 bits per heavy atom. The first kappa shape index (κ1) is 8.47. The zero-order chi connectivity index (χ0) is 8.56. The molecule has 0 aliphatic heterocycles. The minimum Gasteiger partial charge on any atom is -0.278 e. The van der Waals surface area contributed by atoms with Crippen molar-refractivity contribution < 1.29 is 4.21 Å². The van der Waals surface area contributed by atoms with Crippen LogP contribution in [0.1, 0.15) is 0 Å². The largest absolute Gasteiger partial charge is 0.278 e. The maximum absolute atomic E-state index is 12.0. The van der Waals surface area contributed by atoms with Crippen molar-refractivity contribution in [3.63, 3.8) is 0 Å². The Hall–Kier alpha value is -0.630. The van der Waals surface area contributed by atoms with Crippen LogP contribution in [0.25, 0.3) is 0 Å². The van der Waals surface area contributed by atoms with Gasteiger partial charge in [-0.25, -0.2) is 0 Å².